The number of ketones is 1. The van der Waals surface area contributed by atoms with Crippen LogP contribution in [0.3, 0.4) is 0 Å². The maximum atomic E-state index is 13.9. The fourth-order valence-corrected chi connectivity index (χ4v) is 2.19. The Hall–Kier alpha value is -3.07. The number of nitrogen functional groups attached to an aromatic ring is 2. The van der Waals surface area contributed by atoms with Gasteiger partial charge in [0.25, 0.3) is 0 Å². The quantitative estimate of drug-likeness (QED) is 0.649. The third-order valence-electron chi connectivity index (χ3n) is 3.27. The first-order valence-corrected chi connectivity index (χ1v) is 7.42. The molecule has 24 heavy (non-hydrogen) atoms. The highest BCUT2D eigenvalue weighted by Crippen LogP contribution is 2.35. The minimum Gasteiger partial charge on any atom is -0.452 e. The third kappa shape index (κ3) is 3.63. The van der Waals surface area contributed by atoms with Crippen LogP contribution < -0.4 is 16.2 Å². The van der Waals surface area contributed by atoms with Crippen molar-refractivity contribution in [2.45, 2.75) is 27.7 Å². The van der Waals surface area contributed by atoms with Gasteiger partial charge in [0.15, 0.2) is 17.3 Å². The fraction of sp³-hybridized carbons (Fsp3) is 0.222. The largest absolute Gasteiger partial charge is 0.452 e. The predicted molar refractivity (Wildman–Crippen MR) is 92.5 cm³/mol. The van der Waals surface area contributed by atoms with Gasteiger partial charge < -0.3 is 16.2 Å². The molecule has 5 nitrogen and oxygen atoms in total. The zero-order valence-electron chi connectivity index (χ0n) is 14.1. The van der Waals surface area contributed by atoms with Crippen LogP contribution in [-0.2, 0) is 0 Å². The van der Waals surface area contributed by atoms with Crippen LogP contribution in [0.15, 0.2) is 24.3 Å². The van der Waals surface area contributed by atoms with Gasteiger partial charge >= 0.3 is 0 Å². The molecule has 2 aromatic carbocycles. The summed E-state index contributed by atoms with van der Waals surface area (Å²) in [6.07, 6.45) is 0. The van der Waals surface area contributed by atoms with Crippen molar-refractivity contribution in [2.24, 2.45) is 0 Å². The van der Waals surface area contributed by atoms with E-state index in [9.17, 15) is 9.18 Å². The number of anilines is 2. The second kappa shape index (κ2) is 7.97. The molecule has 0 radical (unpaired) electrons. The van der Waals surface area contributed by atoms with Gasteiger partial charge in [-0.25, -0.2) is 4.39 Å². The number of hydrogen-bond acceptors (Lipinski definition) is 5. The van der Waals surface area contributed by atoms with E-state index in [0.717, 1.165) is 6.07 Å². The highest BCUT2D eigenvalue weighted by molar-refractivity contribution is 6.01. The number of halogens is 1. The Morgan fingerprint density at radius 3 is 2.29 bits per heavy atom. The van der Waals surface area contributed by atoms with Crippen molar-refractivity contribution in [1.29, 1.82) is 5.26 Å². The third-order valence-corrected chi connectivity index (χ3v) is 3.27. The number of nitrogens with zero attached hydrogens (tertiary/aromatic N) is 1. The van der Waals surface area contributed by atoms with Gasteiger partial charge in [0.1, 0.15) is 17.4 Å². The number of rotatable bonds is 3. The Morgan fingerprint density at radius 1 is 1.17 bits per heavy atom. The Kier molecular flexibility index (Phi) is 6.30. The Bertz CT molecular complexity index is 811. The number of ether oxygens (including phenoxy) is 1. The molecule has 0 amide bonds. The van der Waals surface area contributed by atoms with Crippen LogP contribution in [0.4, 0.5) is 15.8 Å². The van der Waals surface area contributed by atoms with Crippen LogP contribution in [-0.4, -0.2) is 5.78 Å². The number of nitriles is 1. The lowest BCUT2D eigenvalue weighted by Gasteiger charge is -2.15. The number of carbonyl (C=O) groups is 1. The average molecular weight is 329 g/mol. The Labute approximate surface area is 140 Å². The molecule has 0 atom stereocenters. The van der Waals surface area contributed by atoms with E-state index in [2.05, 4.69) is 0 Å². The molecule has 2 aromatic rings. The minimum atomic E-state index is -0.716. The summed E-state index contributed by atoms with van der Waals surface area (Å²) in [4.78, 5) is 11.7. The van der Waals surface area contributed by atoms with Crippen molar-refractivity contribution in [1.82, 2.24) is 0 Å². The summed E-state index contributed by atoms with van der Waals surface area (Å²) < 4.78 is 19.5. The first-order valence-electron chi connectivity index (χ1n) is 7.42. The molecule has 4 N–H and O–H groups in total. The van der Waals surface area contributed by atoms with Gasteiger partial charge in [0.2, 0.25) is 0 Å². The molecule has 0 saturated heterocycles. The topological polar surface area (TPSA) is 102 Å². The van der Waals surface area contributed by atoms with Crippen molar-refractivity contribution in [3.63, 3.8) is 0 Å². The predicted octanol–water partition coefficient (Wildman–Crippen LogP) is 4.19. The standard InChI is InChI=1S/C16H14FN3O2.C2H6/c1-8-14(6-5-13(20)15(8)9(2)21)22-16-10(7-18)12(19)4-3-11(16)17;1-2/h3-6H,19-20H2,1-2H3;1-2H3. The SMILES string of the molecule is CC.CC(=O)c1c(N)ccc(Oc2c(F)ccc(N)c2C#N)c1C. The van der Waals surface area contributed by atoms with E-state index >= 15 is 0 Å². The summed E-state index contributed by atoms with van der Waals surface area (Å²) in [6, 6.07) is 7.23. The lowest BCUT2D eigenvalue weighted by Crippen LogP contribution is -2.05. The molecule has 0 heterocycles. The van der Waals surface area contributed by atoms with Crippen molar-refractivity contribution >= 4 is 17.2 Å². The molecule has 0 spiro atoms. The fourth-order valence-electron chi connectivity index (χ4n) is 2.19. The van der Waals surface area contributed by atoms with Gasteiger partial charge in [0, 0.05) is 16.8 Å². The second-order valence-electron chi connectivity index (χ2n) is 4.76. The molecule has 6 heteroatoms. The monoisotopic (exact) mass is 329 g/mol. The number of Topliss-reactive ketones (excluding diaryl/α,β-unsaturated/α-hetero) is 1. The molecule has 0 aromatic heterocycles. The van der Waals surface area contributed by atoms with E-state index < -0.39 is 5.82 Å². The molecule has 2 rings (SSSR count). The average Bonchev–Trinajstić information content (AvgIpc) is 2.55. The zero-order chi connectivity index (χ0) is 18.4. The van der Waals surface area contributed by atoms with Gasteiger partial charge in [-0.05, 0) is 38.1 Å². The maximum absolute atomic E-state index is 13.9. The Morgan fingerprint density at radius 2 is 1.75 bits per heavy atom. The van der Waals surface area contributed by atoms with E-state index in [-0.39, 0.29) is 28.5 Å². The summed E-state index contributed by atoms with van der Waals surface area (Å²) >= 11 is 0. The van der Waals surface area contributed by atoms with Crippen molar-refractivity contribution in [3.05, 3.63) is 46.8 Å². The molecule has 0 unspecified atom stereocenters. The summed E-state index contributed by atoms with van der Waals surface area (Å²) in [5.41, 5.74) is 12.5. The van der Waals surface area contributed by atoms with E-state index in [1.54, 1.807) is 6.92 Å². The van der Waals surface area contributed by atoms with Crippen LogP contribution in [0.25, 0.3) is 0 Å². The number of hydrogen-bond donors (Lipinski definition) is 2. The van der Waals surface area contributed by atoms with Crippen LogP contribution in [0.2, 0.25) is 0 Å². The summed E-state index contributed by atoms with van der Waals surface area (Å²) in [7, 11) is 0. The zero-order valence-corrected chi connectivity index (χ0v) is 14.1. The normalized spacial score (nSPS) is 9.50. The maximum Gasteiger partial charge on any atom is 0.182 e. The molecule has 0 aliphatic heterocycles. The van der Waals surface area contributed by atoms with Gasteiger partial charge in [-0.1, -0.05) is 13.8 Å². The number of carbonyl (C=O) groups excluding carboxylic acids is 1. The number of nitrogens with two attached hydrogens (primary N) is 2. The molecular weight excluding hydrogens is 309 g/mol. The van der Waals surface area contributed by atoms with Crippen molar-refractivity contribution < 1.29 is 13.9 Å². The second-order valence-corrected chi connectivity index (χ2v) is 4.76. The first kappa shape index (κ1) is 19.0. The van der Waals surface area contributed by atoms with Gasteiger partial charge in [-0.15, -0.1) is 0 Å². The van der Waals surface area contributed by atoms with Crippen molar-refractivity contribution in [2.75, 3.05) is 11.5 Å². The highest BCUT2D eigenvalue weighted by atomic mass is 19.1. The summed E-state index contributed by atoms with van der Waals surface area (Å²) in [6.45, 7) is 7.02. The molecule has 0 aliphatic carbocycles. The lowest BCUT2D eigenvalue weighted by molar-refractivity contribution is 0.101. The molecule has 0 fully saturated rings. The van der Waals surface area contributed by atoms with Crippen LogP contribution in [0, 0.1) is 24.1 Å². The molecule has 126 valence electrons. The molecular formula is C18H20FN3O2. The lowest BCUT2D eigenvalue weighted by atomic mass is 10.0. The van der Waals surface area contributed by atoms with E-state index in [4.69, 9.17) is 21.5 Å². The highest BCUT2D eigenvalue weighted by Gasteiger charge is 2.18. The van der Waals surface area contributed by atoms with Gasteiger partial charge in [0.05, 0.1) is 5.69 Å². The van der Waals surface area contributed by atoms with Gasteiger partial charge in [-0.3, -0.25) is 4.79 Å². The van der Waals surface area contributed by atoms with Crippen LogP contribution >= 0.6 is 0 Å². The molecule has 0 bridgehead atoms. The molecule has 0 saturated carbocycles. The smallest absolute Gasteiger partial charge is 0.182 e. The summed E-state index contributed by atoms with van der Waals surface area (Å²) in [5, 5.41) is 9.11. The Balaban J connectivity index is 0.00000139. The van der Waals surface area contributed by atoms with Crippen LogP contribution in [0.1, 0.15) is 42.3 Å². The van der Waals surface area contributed by atoms with Crippen molar-refractivity contribution in [3.8, 4) is 17.6 Å². The molecule has 0 aliphatic rings. The number of benzene rings is 2. The summed E-state index contributed by atoms with van der Waals surface area (Å²) in [5.74, 6) is -0.981. The van der Waals surface area contributed by atoms with Crippen LogP contribution in [0.5, 0.6) is 11.5 Å². The van der Waals surface area contributed by atoms with Gasteiger partial charge in [-0.2, -0.15) is 5.26 Å². The minimum absolute atomic E-state index is 0.0967. The first-order chi connectivity index (χ1) is 11.4. The van der Waals surface area contributed by atoms with E-state index in [1.807, 2.05) is 19.9 Å². The van der Waals surface area contributed by atoms with E-state index in [1.165, 1.54) is 25.1 Å². The van der Waals surface area contributed by atoms with E-state index in [0.29, 0.717) is 16.8 Å².